The molecule has 3 unspecified atom stereocenters. The molecule has 0 aromatic rings. The van der Waals surface area contributed by atoms with Gasteiger partial charge >= 0.3 is 0 Å². The van der Waals surface area contributed by atoms with Crippen molar-refractivity contribution >= 4 is 24.2 Å². The number of halogens is 1. The van der Waals surface area contributed by atoms with Gasteiger partial charge in [0.15, 0.2) is 0 Å². The second-order valence-electron chi connectivity index (χ2n) is 8.60. The van der Waals surface area contributed by atoms with Gasteiger partial charge in [0.25, 0.3) is 0 Å². The maximum atomic E-state index is 12.8. The maximum absolute atomic E-state index is 12.8. The second-order valence-corrected chi connectivity index (χ2v) is 8.60. The van der Waals surface area contributed by atoms with Gasteiger partial charge in [0.1, 0.15) is 0 Å². The predicted molar refractivity (Wildman–Crippen MR) is 99.3 cm³/mol. The molecule has 3 saturated carbocycles. The first kappa shape index (κ1) is 19.0. The SMILES string of the molecule is Cl.NC1CC2CCCC(C1)C2NC(=O)C1CC(=O)N(C2CCCC2)C1. The lowest BCUT2D eigenvalue weighted by molar-refractivity contribution is -0.130. The summed E-state index contributed by atoms with van der Waals surface area (Å²) < 4.78 is 0. The third kappa shape index (κ3) is 3.82. The van der Waals surface area contributed by atoms with E-state index in [2.05, 4.69) is 5.32 Å². The molecule has 4 fully saturated rings. The van der Waals surface area contributed by atoms with Gasteiger partial charge in [0.2, 0.25) is 11.8 Å². The molecule has 6 heteroatoms. The average molecular weight is 370 g/mol. The first-order valence-corrected chi connectivity index (χ1v) is 9.97. The zero-order valence-corrected chi connectivity index (χ0v) is 15.8. The Morgan fingerprint density at radius 3 is 2.32 bits per heavy atom. The van der Waals surface area contributed by atoms with Crippen LogP contribution in [0.2, 0.25) is 0 Å². The number of carbonyl (C=O) groups excluding carboxylic acids is 2. The fraction of sp³-hybridized carbons (Fsp3) is 0.895. The first-order chi connectivity index (χ1) is 11.6. The Bertz CT molecular complexity index is 495. The average Bonchev–Trinajstić information content (AvgIpc) is 3.17. The molecule has 3 aliphatic carbocycles. The number of rotatable bonds is 3. The van der Waals surface area contributed by atoms with Gasteiger partial charge in [-0.1, -0.05) is 19.3 Å². The Balaban J connectivity index is 0.00000182. The van der Waals surface area contributed by atoms with E-state index < -0.39 is 0 Å². The molecular weight excluding hydrogens is 338 g/mol. The minimum Gasteiger partial charge on any atom is -0.353 e. The molecule has 3 atom stereocenters. The van der Waals surface area contributed by atoms with Crippen molar-refractivity contribution in [3.05, 3.63) is 0 Å². The van der Waals surface area contributed by atoms with Crippen molar-refractivity contribution < 1.29 is 9.59 Å². The minimum atomic E-state index is -0.144. The van der Waals surface area contributed by atoms with Gasteiger partial charge in [-0.3, -0.25) is 9.59 Å². The zero-order chi connectivity index (χ0) is 16.7. The van der Waals surface area contributed by atoms with Crippen molar-refractivity contribution in [3.8, 4) is 0 Å². The van der Waals surface area contributed by atoms with Crippen molar-refractivity contribution in [3.63, 3.8) is 0 Å². The van der Waals surface area contributed by atoms with E-state index in [1.54, 1.807) is 0 Å². The van der Waals surface area contributed by atoms with Crippen molar-refractivity contribution in [2.45, 2.75) is 82.3 Å². The summed E-state index contributed by atoms with van der Waals surface area (Å²) in [4.78, 5) is 27.1. The molecular formula is C19H32ClN3O2. The number of fused-ring (bicyclic) bond motifs is 2. The molecule has 25 heavy (non-hydrogen) atoms. The minimum absolute atomic E-state index is 0. The van der Waals surface area contributed by atoms with Crippen LogP contribution in [0.25, 0.3) is 0 Å². The summed E-state index contributed by atoms with van der Waals surface area (Å²) >= 11 is 0. The third-order valence-electron chi connectivity index (χ3n) is 6.98. The van der Waals surface area contributed by atoms with E-state index in [1.165, 1.54) is 32.1 Å². The molecule has 4 rings (SSSR count). The summed E-state index contributed by atoms with van der Waals surface area (Å²) in [6, 6.07) is 0.989. The van der Waals surface area contributed by atoms with E-state index in [0.717, 1.165) is 25.7 Å². The molecule has 5 nitrogen and oxygen atoms in total. The summed E-state index contributed by atoms with van der Waals surface area (Å²) in [7, 11) is 0. The van der Waals surface area contributed by atoms with E-state index >= 15 is 0 Å². The zero-order valence-electron chi connectivity index (χ0n) is 15.0. The van der Waals surface area contributed by atoms with E-state index in [4.69, 9.17) is 5.73 Å². The number of likely N-dealkylation sites (tertiary alicyclic amines) is 1. The van der Waals surface area contributed by atoms with Crippen LogP contribution in [0.1, 0.15) is 64.2 Å². The third-order valence-corrected chi connectivity index (χ3v) is 6.98. The number of carbonyl (C=O) groups is 2. The van der Waals surface area contributed by atoms with Gasteiger partial charge in [0.05, 0.1) is 5.92 Å². The molecule has 0 radical (unpaired) electrons. The number of nitrogens with one attached hydrogen (secondary N) is 1. The molecule has 0 aromatic heterocycles. The van der Waals surface area contributed by atoms with Crippen LogP contribution in [0.4, 0.5) is 0 Å². The fourth-order valence-electron chi connectivity index (χ4n) is 5.78. The van der Waals surface area contributed by atoms with Crippen molar-refractivity contribution in [2.75, 3.05) is 6.54 Å². The molecule has 1 aliphatic heterocycles. The van der Waals surface area contributed by atoms with Crippen LogP contribution in [0.3, 0.4) is 0 Å². The molecule has 0 spiro atoms. The normalized spacial score (nSPS) is 38.5. The lowest BCUT2D eigenvalue weighted by Crippen LogP contribution is -2.54. The van der Waals surface area contributed by atoms with Crippen molar-refractivity contribution in [1.29, 1.82) is 0 Å². The van der Waals surface area contributed by atoms with E-state index in [1.807, 2.05) is 4.90 Å². The summed E-state index contributed by atoms with van der Waals surface area (Å²) in [5.41, 5.74) is 6.18. The Kier molecular flexibility index (Phi) is 5.94. The maximum Gasteiger partial charge on any atom is 0.225 e. The Labute approximate surface area is 156 Å². The molecule has 3 N–H and O–H groups in total. The number of amides is 2. The van der Waals surface area contributed by atoms with Crippen LogP contribution in [0.15, 0.2) is 0 Å². The smallest absolute Gasteiger partial charge is 0.225 e. The molecule has 1 heterocycles. The number of hydrogen-bond donors (Lipinski definition) is 2. The summed E-state index contributed by atoms with van der Waals surface area (Å²) in [5, 5.41) is 3.34. The largest absolute Gasteiger partial charge is 0.353 e. The number of nitrogens with two attached hydrogens (primary N) is 1. The van der Waals surface area contributed by atoms with Gasteiger partial charge < -0.3 is 16.0 Å². The van der Waals surface area contributed by atoms with Crippen molar-refractivity contribution in [1.82, 2.24) is 10.2 Å². The van der Waals surface area contributed by atoms with E-state index in [0.29, 0.717) is 42.9 Å². The van der Waals surface area contributed by atoms with Crippen LogP contribution in [-0.2, 0) is 9.59 Å². The van der Waals surface area contributed by atoms with Gasteiger partial charge in [-0.15, -0.1) is 12.4 Å². The summed E-state index contributed by atoms with van der Waals surface area (Å²) in [5.74, 6) is 1.24. The highest BCUT2D eigenvalue weighted by Gasteiger charge is 2.43. The van der Waals surface area contributed by atoms with Crippen LogP contribution in [0, 0.1) is 17.8 Å². The summed E-state index contributed by atoms with van der Waals surface area (Å²) in [6.45, 7) is 0.636. The topological polar surface area (TPSA) is 75.4 Å². The van der Waals surface area contributed by atoms with Gasteiger partial charge in [0, 0.05) is 31.1 Å². The van der Waals surface area contributed by atoms with Gasteiger partial charge in [-0.25, -0.2) is 0 Å². The van der Waals surface area contributed by atoms with E-state index in [9.17, 15) is 9.59 Å². The highest BCUT2D eigenvalue weighted by atomic mass is 35.5. The molecule has 0 aromatic carbocycles. The fourth-order valence-corrected chi connectivity index (χ4v) is 5.78. The molecule has 4 aliphatic rings. The molecule has 1 saturated heterocycles. The Hall–Kier alpha value is -0.810. The number of nitrogens with zero attached hydrogens (tertiary/aromatic N) is 1. The first-order valence-electron chi connectivity index (χ1n) is 9.97. The second kappa shape index (κ2) is 7.83. The highest BCUT2D eigenvalue weighted by molar-refractivity contribution is 5.89. The predicted octanol–water partition coefficient (Wildman–Crippen LogP) is 2.22. The van der Waals surface area contributed by atoms with Gasteiger partial charge in [-0.05, 0) is 50.4 Å². The highest BCUT2D eigenvalue weighted by Crippen LogP contribution is 2.40. The molecule has 2 bridgehead atoms. The van der Waals surface area contributed by atoms with E-state index in [-0.39, 0.29) is 30.1 Å². The number of hydrogen-bond acceptors (Lipinski definition) is 3. The Morgan fingerprint density at radius 1 is 1.04 bits per heavy atom. The van der Waals surface area contributed by atoms with Crippen LogP contribution < -0.4 is 11.1 Å². The van der Waals surface area contributed by atoms with Crippen molar-refractivity contribution in [2.24, 2.45) is 23.5 Å². The van der Waals surface area contributed by atoms with Crippen LogP contribution >= 0.6 is 12.4 Å². The lowest BCUT2D eigenvalue weighted by Gasteiger charge is -2.45. The van der Waals surface area contributed by atoms with Crippen LogP contribution in [-0.4, -0.2) is 41.4 Å². The van der Waals surface area contributed by atoms with Crippen LogP contribution in [0.5, 0.6) is 0 Å². The molecule has 2 amide bonds. The quantitative estimate of drug-likeness (QED) is 0.800. The Morgan fingerprint density at radius 2 is 1.68 bits per heavy atom. The summed E-state index contributed by atoms with van der Waals surface area (Å²) in [6.07, 6.45) is 10.8. The van der Waals surface area contributed by atoms with Gasteiger partial charge in [-0.2, -0.15) is 0 Å². The molecule has 142 valence electrons. The lowest BCUT2D eigenvalue weighted by atomic mass is 9.67. The standard InChI is InChI=1S/C19H31N3O2.ClH/c20-15-8-12-4-3-5-13(9-15)18(12)21-19(24)14-10-17(23)22(11-14)16-6-1-2-7-16;/h12-16,18H,1-11,20H2,(H,21,24);1H. The monoisotopic (exact) mass is 369 g/mol.